The molecule has 0 N–H and O–H groups in total. The predicted molar refractivity (Wildman–Crippen MR) is 81.4 cm³/mol. The molecule has 1 saturated heterocycles. The molecule has 1 aromatic carbocycles. The summed E-state index contributed by atoms with van der Waals surface area (Å²) < 4.78 is 49.2. The molecule has 0 amide bonds. The van der Waals surface area contributed by atoms with Gasteiger partial charge in [-0.15, -0.1) is 0 Å². The van der Waals surface area contributed by atoms with Crippen LogP contribution in [0.5, 0.6) is 5.75 Å². The van der Waals surface area contributed by atoms with E-state index in [0.29, 0.717) is 13.0 Å². The smallest absolute Gasteiger partial charge is 0.419 e. The van der Waals surface area contributed by atoms with E-state index in [1.165, 1.54) is 19.2 Å². The molecule has 1 atom stereocenters. The van der Waals surface area contributed by atoms with E-state index >= 15 is 0 Å². The quantitative estimate of drug-likeness (QED) is 0.618. The maximum atomic E-state index is 13.2. The third kappa shape index (κ3) is 3.57. The van der Waals surface area contributed by atoms with Crippen LogP contribution in [0.4, 0.5) is 13.2 Å². The molecule has 0 aromatic heterocycles. The summed E-state index contributed by atoms with van der Waals surface area (Å²) in [6.07, 6.45) is -3.98. The highest BCUT2D eigenvalue weighted by Crippen LogP contribution is 2.37. The van der Waals surface area contributed by atoms with Gasteiger partial charge in [-0.2, -0.15) is 13.2 Å². The number of rotatable bonds is 4. The summed E-state index contributed by atoms with van der Waals surface area (Å²) in [6, 6.07) is 3.14. The molecule has 0 saturated carbocycles. The number of nitrogens with zero attached hydrogens (tertiary/aromatic N) is 1. The van der Waals surface area contributed by atoms with Gasteiger partial charge in [-0.3, -0.25) is 0 Å². The van der Waals surface area contributed by atoms with Crippen molar-refractivity contribution in [3.05, 3.63) is 29.3 Å². The number of benzene rings is 1. The molecule has 1 aliphatic heterocycles. The maximum Gasteiger partial charge on any atom is 0.419 e. The normalized spacial score (nSPS) is 17.4. The fraction of sp³-hybridized carbons (Fsp3) is 0.467. The number of hydrogen-bond acceptors (Lipinski definition) is 4. The molecular weight excluding hydrogens is 331 g/mol. The van der Waals surface area contributed by atoms with E-state index in [0.717, 1.165) is 6.07 Å². The molecule has 0 aliphatic carbocycles. The van der Waals surface area contributed by atoms with Crippen molar-refractivity contribution in [2.75, 3.05) is 20.3 Å². The zero-order valence-electron chi connectivity index (χ0n) is 12.6. The number of ether oxygens (including phenoxy) is 2. The highest BCUT2D eigenvalue weighted by Gasteiger charge is 2.39. The van der Waals surface area contributed by atoms with Gasteiger partial charge in [-0.05, 0) is 31.5 Å². The number of carbonyl (C=O) groups is 1. The fourth-order valence-electron chi connectivity index (χ4n) is 2.34. The molecule has 1 heterocycles. The van der Waals surface area contributed by atoms with Crippen molar-refractivity contribution in [3.63, 3.8) is 0 Å². The Morgan fingerprint density at radius 3 is 2.61 bits per heavy atom. The Kier molecular flexibility index (Phi) is 5.13. The number of hydrogen-bond donors (Lipinski definition) is 0. The number of esters is 1. The van der Waals surface area contributed by atoms with Gasteiger partial charge in [-0.1, -0.05) is 12.2 Å². The van der Waals surface area contributed by atoms with Gasteiger partial charge in [0.1, 0.15) is 16.8 Å². The van der Waals surface area contributed by atoms with Gasteiger partial charge in [0.25, 0.3) is 0 Å². The minimum absolute atomic E-state index is 0.128. The standard InChI is InChI=1S/C15H16F3NO3S/c1-3-22-12-5-4-9(8-10(12)15(16,17)18)13(23)19-7-6-11(19)14(20)21-2/h4-5,8,11H,3,6-7H2,1-2H3/t11-/m1/s1. The van der Waals surface area contributed by atoms with Crippen molar-refractivity contribution in [1.29, 1.82) is 0 Å². The largest absolute Gasteiger partial charge is 0.493 e. The van der Waals surface area contributed by atoms with Crippen LogP contribution in [0, 0.1) is 0 Å². The van der Waals surface area contributed by atoms with E-state index in [4.69, 9.17) is 17.0 Å². The molecule has 23 heavy (non-hydrogen) atoms. The number of alkyl halides is 3. The van der Waals surface area contributed by atoms with Crippen molar-refractivity contribution < 1.29 is 27.4 Å². The zero-order valence-corrected chi connectivity index (χ0v) is 13.5. The van der Waals surface area contributed by atoms with E-state index in [1.54, 1.807) is 11.8 Å². The summed E-state index contributed by atoms with van der Waals surface area (Å²) in [5.41, 5.74) is -0.654. The summed E-state index contributed by atoms with van der Waals surface area (Å²) in [6.45, 7) is 2.25. The third-order valence-electron chi connectivity index (χ3n) is 3.59. The van der Waals surface area contributed by atoms with Crippen molar-refractivity contribution in [3.8, 4) is 5.75 Å². The molecule has 126 valence electrons. The lowest BCUT2D eigenvalue weighted by Gasteiger charge is -2.40. The first-order valence-electron chi connectivity index (χ1n) is 7.02. The second kappa shape index (κ2) is 6.74. The third-order valence-corrected chi connectivity index (χ3v) is 4.06. The summed E-state index contributed by atoms with van der Waals surface area (Å²) in [5, 5.41) is 0. The molecule has 0 bridgehead atoms. The molecule has 0 spiro atoms. The molecule has 0 radical (unpaired) electrons. The Bertz CT molecular complexity index is 618. The monoisotopic (exact) mass is 347 g/mol. The Morgan fingerprint density at radius 1 is 1.43 bits per heavy atom. The average Bonchev–Trinajstić information content (AvgIpc) is 2.45. The van der Waals surface area contributed by atoms with E-state index in [1.807, 2.05) is 0 Å². The van der Waals surface area contributed by atoms with Crippen molar-refractivity contribution in [2.45, 2.75) is 25.6 Å². The lowest BCUT2D eigenvalue weighted by Crippen LogP contribution is -2.55. The Hall–Kier alpha value is -1.83. The second-order valence-corrected chi connectivity index (χ2v) is 5.35. The predicted octanol–water partition coefficient (Wildman–Crippen LogP) is 3.03. The topological polar surface area (TPSA) is 38.8 Å². The highest BCUT2D eigenvalue weighted by molar-refractivity contribution is 7.80. The Labute approximate surface area is 137 Å². The van der Waals surface area contributed by atoms with Gasteiger partial charge < -0.3 is 14.4 Å². The molecule has 8 heteroatoms. The minimum atomic E-state index is -4.55. The van der Waals surface area contributed by atoms with Crippen LogP contribution >= 0.6 is 12.2 Å². The number of methoxy groups -OCH3 is 1. The molecule has 1 aliphatic rings. The van der Waals surface area contributed by atoms with Crippen LogP contribution in [-0.2, 0) is 15.7 Å². The first kappa shape index (κ1) is 17.5. The molecule has 1 fully saturated rings. The maximum absolute atomic E-state index is 13.2. The lowest BCUT2D eigenvalue weighted by molar-refractivity contribution is -0.148. The fourth-order valence-corrected chi connectivity index (χ4v) is 2.69. The summed E-state index contributed by atoms with van der Waals surface area (Å²) in [7, 11) is 1.26. The van der Waals surface area contributed by atoms with Crippen LogP contribution in [-0.4, -0.2) is 42.2 Å². The van der Waals surface area contributed by atoms with Gasteiger partial charge in [0.15, 0.2) is 0 Å². The first-order chi connectivity index (χ1) is 10.8. The number of halogens is 3. The van der Waals surface area contributed by atoms with Gasteiger partial charge in [0, 0.05) is 12.1 Å². The van der Waals surface area contributed by atoms with Crippen molar-refractivity contribution in [2.24, 2.45) is 0 Å². The Balaban J connectivity index is 2.30. The van der Waals surface area contributed by atoms with Gasteiger partial charge in [0.05, 0.1) is 19.3 Å². The zero-order chi connectivity index (χ0) is 17.2. The van der Waals surface area contributed by atoms with Crippen LogP contribution in [0.15, 0.2) is 18.2 Å². The SMILES string of the molecule is CCOc1ccc(C(=S)N2CC[C@@H]2C(=O)OC)cc1C(F)(F)F. The molecule has 4 nitrogen and oxygen atoms in total. The van der Waals surface area contributed by atoms with E-state index < -0.39 is 23.8 Å². The average molecular weight is 347 g/mol. The van der Waals surface area contributed by atoms with Crippen LogP contribution < -0.4 is 4.74 Å². The molecule has 0 unspecified atom stereocenters. The Morgan fingerprint density at radius 2 is 2.13 bits per heavy atom. The van der Waals surface area contributed by atoms with Crippen LogP contribution in [0.25, 0.3) is 0 Å². The van der Waals surface area contributed by atoms with Crippen LogP contribution in [0.1, 0.15) is 24.5 Å². The summed E-state index contributed by atoms with van der Waals surface area (Å²) >= 11 is 5.24. The van der Waals surface area contributed by atoms with Crippen LogP contribution in [0.3, 0.4) is 0 Å². The number of thiocarbonyl (C=S) groups is 1. The summed E-state index contributed by atoms with van der Waals surface area (Å²) in [4.78, 5) is 13.3. The van der Waals surface area contributed by atoms with Gasteiger partial charge in [-0.25, -0.2) is 4.79 Å². The minimum Gasteiger partial charge on any atom is -0.493 e. The van der Waals surface area contributed by atoms with E-state index in [9.17, 15) is 18.0 Å². The molecular formula is C15H16F3NO3S. The van der Waals surface area contributed by atoms with E-state index in [2.05, 4.69) is 4.74 Å². The van der Waals surface area contributed by atoms with Crippen LogP contribution in [0.2, 0.25) is 0 Å². The van der Waals surface area contributed by atoms with Gasteiger partial charge >= 0.3 is 12.1 Å². The second-order valence-electron chi connectivity index (χ2n) is 4.97. The number of likely N-dealkylation sites (tertiary alicyclic amines) is 1. The van der Waals surface area contributed by atoms with Crippen molar-refractivity contribution in [1.82, 2.24) is 4.90 Å². The lowest BCUT2D eigenvalue weighted by atomic mass is 10.0. The molecule has 2 rings (SSSR count). The highest BCUT2D eigenvalue weighted by atomic mass is 32.1. The van der Waals surface area contributed by atoms with Crippen molar-refractivity contribution >= 4 is 23.2 Å². The first-order valence-corrected chi connectivity index (χ1v) is 7.43. The van der Waals surface area contributed by atoms with E-state index in [-0.39, 0.29) is 22.9 Å². The summed E-state index contributed by atoms with van der Waals surface area (Å²) in [5.74, 6) is -0.680. The number of carbonyl (C=O) groups excluding carboxylic acids is 1. The van der Waals surface area contributed by atoms with Gasteiger partial charge in [0.2, 0.25) is 0 Å². The molecule has 1 aromatic rings.